The summed E-state index contributed by atoms with van der Waals surface area (Å²) in [6.45, 7) is 3.40. The molecule has 3 rings (SSSR count). The van der Waals surface area contributed by atoms with E-state index >= 15 is 0 Å². The molecule has 2 unspecified atom stereocenters. The number of carbonyl (C=O) groups is 1. The number of morpholine rings is 1. The number of nitrogens with zero attached hydrogens (tertiary/aromatic N) is 1. The first-order valence-corrected chi connectivity index (χ1v) is 10.8. The maximum atomic E-state index is 12.3. The number of benzene rings is 1. The van der Waals surface area contributed by atoms with Crippen LogP contribution in [0.4, 0.5) is 0 Å². The first kappa shape index (κ1) is 19.4. The van der Waals surface area contributed by atoms with Crippen LogP contribution < -0.4 is 5.32 Å². The van der Waals surface area contributed by atoms with Crippen LogP contribution in [0.3, 0.4) is 0 Å². The van der Waals surface area contributed by atoms with Crippen LogP contribution in [-0.2, 0) is 19.4 Å². The summed E-state index contributed by atoms with van der Waals surface area (Å²) in [4.78, 5) is 14.6. The van der Waals surface area contributed by atoms with Gasteiger partial charge in [-0.25, -0.2) is 8.42 Å². The van der Waals surface area contributed by atoms with E-state index in [1.807, 2.05) is 24.3 Å². The Balaban J connectivity index is 1.61. The molecule has 1 fully saturated rings. The summed E-state index contributed by atoms with van der Waals surface area (Å²) in [6.07, 6.45) is 1.79. The van der Waals surface area contributed by atoms with Gasteiger partial charge in [-0.2, -0.15) is 0 Å². The first-order valence-electron chi connectivity index (χ1n) is 8.68. The second-order valence-corrected chi connectivity index (χ2v) is 9.01. The van der Waals surface area contributed by atoms with E-state index in [1.165, 1.54) is 5.41 Å². The number of ether oxygens (including phenoxy) is 1. The number of hydrogen-bond donors (Lipinski definition) is 1. The summed E-state index contributed by atoms with van der Waals surface area (Å²) in [5, 5.41) is 4.84. The minimum Gasteiger partial charge on any atom is -0.379 e. The summed E-state index contributed by atoms with van der Waals surface area (Å²) in [6, 6.07) is 7.67. The molecule has 0 radical (unpaired) electrons. The van der Waals surface area contributed by atoms with Crippen LogP contribution in [0, 0.1) is 5.92 Å². The Kier molecular flexibility index (Phi) is 6.34. The Morgan fingerprint density at radius 2 is 1.96 bits per heavy atom. The molecule has 8 heteroatoms. The molecule has 0 aromatic heterocycles. The number of hydrogen-bond acceptors (Lipinski definition) is 5. The molecule has 0 saturated carbocycles. The molecular formula is C18H23ClN2O4S. The number of allylic oxidation sites excluding steroid dienone is 1. The highest BCUT2D eigenvalue weighted by Crippen LogP contribution is 2.23. The molecular weight excluding hydrogens is 376 g/mol. The van der Waals surface area contributed by atoms with Crippen molar-refractivity contribution in [2.45, 2.75) is 12.5 Å². The molecule has 2 aliphatic heterocycles. The van der Waals surface area contributed by atoms with Gasteiger partial charge in [0.25, 0.3) is 0 Å². The van der Waals surface area contributed by atoms with Gasteiger partial charge >= 0.3 is 0 Å². The molecule has 0 spiro atoms. The lowest BCUT2D eigenvalue weighted by molar-refractivity contribution is -0.121. The number of sulfone groups is 1. The lowest BCUT2D eigenvalue weighted by atomic mass is 10.0. The first-order chi connectivity index (χ1) is 12.4. The van der Waals surface area contributed by atoms with Crippen molar-refractivity contribution in [3.05, 3.63) is 46.3 Å². The normalized spacial score (nSPS) is 23.7. The van der Waals surface area contributed by atoms with Gasteiger partial charge in [0.1, 0.15) is 0 Å². The fourth-order valence-electron chi connectivity index (χ4n) is 3.32. The topological polar surface area (TPSA) is 75.7 Å². The molecule has 2 aliphatic rings. The monoisotopic (exact) mass is 398 g/mol. The lowest BCUT2D eigenvalue weighted by Gasteiger charge is -2.35. The molecule has 1 amide bonds. The van der Waals surface area contributed by atoms with Crippen molar-refractivity contribution in [3.63, 3.8) is 0 Å². The van der Waals surface area contributed by atoms with Gasteiger partial charge < -0.3 is 10.1 Å². The Bertz CT molecular complexity index is 758. The van der Waals surface area contributed by atoms with Gasteiger partial charge in [-0.3, -0.25) is 9.69 Å². The highest BCUT2D eigenvalue weighted by molar-refractivity contribution is 7.94. The molecule has 2 atom stereocenters. The third-order valence-electron chi connectivity index (χ3n) is 4.69. The van der Waals surface area contributed by atoms with E-state index in [0.29, 0.717) is 24.8 Å². The predicted molar refractivity (Wildman–Crippen MR) is 101 cm³/mol. The van der Waals surface area contributed by atoms with Crippen molar-refractivity contribution in [3.8, 4) is 0 Å². The molecule has 0 aliphatic carbocycles. The van der Waals surface area contributed by atoms with E-state index in [2.05, 4.69) is 10.2 Å². The van der Waals surface area contributed by atoms with Crippen molar-refractivity contribution >= 4 is 27.3 Å². The number of halogens is 1. The fourth-order valence-corrected chi connectivity index (χ4v) is 4.84. The largest absolute Gasteiger partial charge is 0.379 e. The van der Waals surface area contributed by atoms with E-state index in [0.717, 1.165) is 18.7 Å². The molecule has 1 N–H and O–H groups in total. The third-order valence-corrected chi connectivity index (χ3v) is 6.40. The van der Waals surface area contributed by atoms with E-state index in [4.69, 9.17) is 16.3 Å². The maximum Gasteiger partial charge on any atom is 0.220 e. The number of amides is 1. The van der Waals surface area contributed by atoms with Crippen LogP contribution in [0.15, 0.2) is 35.7 Å². The van der Waals surface area contributed by atoms with Crippen molar-refractivity contribution in [1.82, 2.24) is 10.2 Å². The van der Waals surface area contributed by atoms with Crippen molar-refractivity contribution in [1.29, 1.82) is 0 Å². The van der Waals surface area contributed by atoms with Gasteiger partial charge in [-0.15, -0.1) is 0 Å². The molecule has 26 heavy (non-hydrogen) atoms. The second-order valence-electron chi connectivity index (χ2n) is 6.64. The van der Waals surface area contributed by atoms with Gasteiger partial charge in [-0.1, -0.05) is 29.8 Å². The summed E-state index contributed by atoms with van der Waals surface area (Å²) in [7, 11) is -3.13. The summed E-state index contributed by atoms with van der Waals surface area (Å²) >= 11 is 5.99. The van der Waals surface area contributed by atoms with Crippen LogP contribution in [-0.4, -0.2) is 57.8 Å². The van der Waals surface area contributed by atoms with Crippen molar-refractivity contribution in [2.75, 3.05) is 38.6 Å². The highest BCUT2D eigenvalue weighted by Gasteiger charge is 2.26. The number of nitrogens with one attached hydrogen (secondary N) is 1. The zero-order valence-electron chi connectivity index (χ0n) is 14.4. The van der Waals surface area contributed by atoms with Crippen LogP contribution in [0.5, 0.6) is 0 Å². The summed E-state index contributed by atoms with van der Waals surface area (Å²) in [5.74, 6) is -0.355. The highest BCUT2D eigenvalue weighted by atomic mass is 35.5. The SMILES string of the molecule is O=C(CC1C=CS(=O)(=O)C1)NCC(c1ccc(Cl)cc1)N1CCOCC1. The Morgan fingerprint density at radius 3 is 2.58 bits per heavy atom. The van der Waals surface area contributed by atoms with Crippen molar-refractivity contribution in [2.24, 2.45) is 5.92 Å². The van der Waals surface area contributed by atoms with Crippen LogP contribution in [0.1, 0.15) is 18.0 Å². The maximum absolute atomic E-state index is 12.3. The van der Waals surface area contributed by atoms with E-state index in [1.54, 1.807) is 6.08 Å². The molecule has 6 nitrogen and oxygen atoms in total. The average molecular weight is 399 g/mol. The summed E-state index contributed by atoms with van der Waals surface area (Å²) in [5.41, 5.74) is 1.08. The van der Waals surface area contributed by atoms with Gasteiger partial charge in [0.2, 0.25) is 5.91 Å². The minimum atomic E-state index is -3.13. The van der Waals surface area contributed by atoms with Crippen LogP contribution in [0.2, 0.25) is 5.02 Å². The molecule has 0 bridgehead atoms. The Labute approximate surface area is 159 Å². The molecule has 1 aromatic carbocycles. The minimum absolute atomic E-state index is 0.0183. The molecule has 1 saturated heterocycles. The van der Waals surface area contributed by atoms with Gasteiger partial charge in [0.15, 0.2) is 9.84 Å². The lowest BCUT2D eigenvalue weighted by Crippen LogP contribution is -2.44. The summed E-state index contributed by atoms with van der Waals surface area (Å²) < 4.78 is 28.3. The number of carbonyl (C=O) groups excluding carboxylic acids is 1. The van der Waals surface area contributed by atoms with Gasteiger partial charge in [0, 0.05) is 42.4 Å². The van der Waals surface area contributed by atoms with E-state index in [-0.39, 0.29) is 30.0 Å². The van der Waals surface area contributed by atoms with Crippen LogP contribution >= 0.6 is 11.6 Å². The zero-order valence-corrected chi connectivity index (χ0v) is 16.0. The second kappa shape index (κ2) is 8.52. The van der Waals surface area contributed by atoms with E-state index < -0.39 is 9.84 Å². The number of rotatable bonds is 6. The van der Waals surface area contributed by atoms with Crippen LogP contribution in [0.25, 0.3) is 0 Å². The Morgan fingerprint density at radius 1 is 1.27 bits per heavy atom. The van der Waals surface area contributed by atoms with Gasteiger partial charge in [-0.05, 0) is 17.7 Å². The van der Waals surface area contributed by atoms with Gasteiger partial charge in [0.05, 0.1) is 25.0 Å². The zero-order chi connectivity index (χ0) is 18.6. The Hall–Kier alpha value is -1.41. The predicted octanol–water partition coefficient (Wildman–Crippen LogP) is 1.78. The quantitative estimate of drug-likeness (QED) is 0.790. The fraction of sp³-hybridized carbons (Fsp3) is 0.500. The third kappa shape index (κ3) is 5.30. The smallest absolute Gasteiger partial charge is 0.220 e. The molecule has 142 valence electrons. The molecule has 1 aromatic rings. The average Bonchev–Trinajstić information content (AvgIpc) is 2.96. The molecule has 2 heterocycles. The van der Waals surface area contributed by atoms with Crippen molar-refractivity contribution < 1.29 is 17.9 Å². The van der Waals surface area contributed by atoms with E-state index in [9.17, 15) is 13.2 Å². The standard InChI is InChI=1S/C18H23ClN2O4S/c19-16-3-1-15(2-4-16)17(21-6-8-25-9-7-21)12-20-18(22)11-14-5-10-26(23,24)13-14/h1-5,10,14,17H,6-9,11-13H2,(H,20,22).